The number of ketones is 1. The quantitative estimate of drug-likeness (QED) is 0.0552. The number of benzene rings is 3. The van der Waals surface area contributed by atoms with E-state index in [1.165, 1.54) is 32.1 Å². The van der Waals surface area contributed by atoms with Crippen molar-refractivity contribution in [1.29, 1.82) is 0 Å². The number of hydrogen-bond donors (Lipinski definition) is 0. The Hall–Kier alpha value is -4.13. The van der Waals surface area contributed by atoms with Crippen LogP contribution in [0, 0.1) is 16.0 Å². The lowest BCUT2D eigenvalue weighted by atomic mass is 9.70. The lowest BCUT2D eigenvalue weighted by molar-refractivity contribution is -0.384. The number of unbranched alkanes of at least 4 members (excludes halogenated alkanes) is 2. The zero-order valence-corrected chi connectivity index (χ0v) is 27.3. The zero-order valence-electron chi connectivity index (χ0n) is 27.3. The normalized spacial score (nSPS) is 15.7. The third-order valence-corrected chi connectivity index (χ3v) is 9.99. The van der Waals surface area contributed by atoms with Gasteiger partial charge in [0, 0.05) is 23.1 Å². The molecule has 0 bridgehead atoms. The number of hydrogen-bond acceptors (Lipinski definition) is 6. The summed E-state index contributed by atoms with van der Waals surface area (Å²) in [6.07, 6.45) is 14.1. The minimum atomic E-state index is -0.595. The Bertz CT molecular complexity index is 1560. The number of fused-ring (bicyclic) bond motifs is 3. The molecule has 0 N–H and O–H groups in total. The highest BCUT2D eigenvalue weighted by atomic mass is 16.7. The second kappa shape index (κ2) is 15.4. The molecule has 242 valence electrons. The Morgan fingerprint density at radius 2 is 1.50 bits per heavy atom. The first-order valence-corrected chi connectivity index (χ1v) is 17.2. The summed E-state index contributed by atoms with van der Waals surface area (Å²) in [7, 11) is 0. The van der Waals surface area contributed by atoms with Crippen molar-refractivity contribution in [3.8, 4) is 11.1 Å². The van der Waals surface area contributed by atoms with Gasteiger partial charge in [-0.25, -0.2) is 4.79 Å². The van der Waals surface area contributed by atoms with E-state index in [9.17, 15) is 19.7 Å². The molecule has 0 radical (unpaired) electrons. The van der Waals surface area contributed by atoms with Crippen LogP contribution in [0.5, 0.6) is 0 Å². The maximum atomic E-state index is 14.2. The predicted molar refractivity (Wildman–Crippen MR) is 182 cm³/mol. The van der Waals surface area contributed by atoms with Crippen molar-refractivity contribution in [2.45, 2.75) is 109 Å². The molecule has 0 unspecified atom stereocenters. The van der Waals surface area contributed by atoms with E-state index in [4.69, 9.17) is 4.84 Å². The molecule has 0 aromatic heterocycles. The van der Waals surface area contributed by atoms with Crippen LogP contribution in [0.2, 0.25) is 0 Å². The van der Waals surface area contributed by atoms with Crippen LogP contribution in [-0.4, -0.2) is 22.4 Å². The Kier molecular flexibility index (Phi) is 11.2. The smallest absolute Gasteiger partial charge is 0.312 e. The first-order valence-electron chi connectivity index (χ1n) is 17.2. The lowest BCUT2D eigenvalue weighted by Gasteiger charge is -2.32. The standard InChI is InChI=1S/C39H46N2O5/c1-3-5-24-39(25-6-4-2)34-26-30(20-22-32(34)33-23-21-31(41(44)45)27-35(33)39)37(42)36(19-13-16-28-14-9-7-10-15-28)40-46-38(43)29-17-11-8-12-18-29/h8,11-12,17-18,20-23,26-28H,3-7,9-10,13-16,19,24-25H2,1-2H3/b40-36+. The Morgan fingerprint density at radius 1 is 0.848 bits per heavy atom. The monoisotopic (exact) mass is 622 g/mol. The van der Waals surface area contributed by atoms with Crippen LogP contribution in [0.25, 0.3) is 11.1 Å². The summed E-state index contributed by atoms with van der Waals surface area (Å²) in [6, 6.07) is 19.7. The SMILES string of the molecule is CCCCC1(CCCC)c2cc(C(=O)/C(CCCC3CCCCC3)=N/OC(=O)c3ccccc3)ccc2-c2ccc([N+](=O)[O-])cc21. The average molecular weight is 623 g/mol. The molecule has 3 aromatic rings. The Balaban J connectivity index is 1.50. The van der Waals surface area contributed by atoms with Crippen LogP contribution in [0.3, 0.4) is 0 Å². The molecule has 0 heterocycles. The van der Waals surface area contributed by atoms with Crippen LogP contribution in [0.15, 0.2) is 71.9 Å². The minimum absolute atomic E-state index is 0.0906. The van der Waals surface area contributed by atoms with Crippen molar-refractivity contribution in [3.63, 3.8) is 0 Å². The van der Waals surface area contributed by atoms with Crippen LogP contribution in [0.1, 0.15) is 136 Å². The summed E-state index contributed by atoms with van der Waals surface area (Å²) in [5.74, 6) is -0.172. The second-order valence-corrected chi connectivity index (χ2v) is 13.0. The molecule has 0 amide bonds. The average Bonchev–Trinajstić information content (AvgIpc) is 3.36. The van der Waals surface area contributed by atoms with E-state index >= 15 is 0 Å². The van der Waals surface area contributed by atoms with Crippen LogP contribution in [-0.2, 0) is 10.3 Å². The largest absolute Gasteiger partial charge is 0.365 e. The number of rotatable bonds is 15. The fourth-order valence-corrected chi connectivity index (χ4v) is 7.48. The topological polar surface area (TPSA) is 98.9 Å². The van der Waals surface area contributed by atoms with Crippen molar-refractivity contribution in [2.75, 3.05) is 0 Å². The van der Waals surface area contributed by atoms with Crippen molar-refractivity contribution >= 4 is 23.2 Å². The highest BCUT2D eigenvalue weighted by molar-refractivity contribution is 6.46. The highest BCUT2D eigenvalue weighted by Gasteiger charge is 2.43. The van der Waals surface area contributed by atoms with Gasteiger partial charge in [-0.1, -0.05) is 114 Å². The predicted octanol–water partition coefficient (Wildman–Crippen LogP) is 10.4. The van der Waals surface area contributed by atoms with Gasteiger partial charge in [0.1, 0.15) is 5.71 Å². The molecule has 0 aliphatic heterocycles. The molecule has 0 saturated heterocycles. The van der Waals surface area contributed by atoms with Gasteiger partial charge in [0.15, 0.2) is 0 Å². The molecular weight excluding hydrogens is 576 g/mol. The first kappa shape index (κ1) is 33.2. The van der Waals surface area contributed by atoms with Crippen molar-refractivity contribution in [2.24, 2.45) is 11.1 Å². The molecule has 1 saturated carbocycles. The fourth-order valence-electron chi connectivity index (χ4n) is 7.48. The molecule has 46 heavy (non-hydrogen) atoms. The van der Waals surface area contributed by atoms with Gasteiger partial charge in [-0.3, -0.25) is 14.9 Å². The number of nitro groups is 1. The van der Waals surface area contributed by atoms with E-state index in [1.54, 1.807) is 36.4 Å². The molecular formula is C39H46N2O5. The van der Waals surface area contributed by atoms with Crippen molar-refractivity contribution in [1.82, 2.24) is 0 Å². The molecule has 5 rings (SSSR count). The van der Waals surface area contributed by atoms with Crippen molar-refractivity contribution < 1.29 is 19.3 Å². The Labute approximate surface area is 272 Å². The third-order valence-electron chi connectivity index (χ3n) is 9.99. The summed E-state index contributed by atoms with van der Waals surface area (Å²) in [6.45, 7) is 4.31. The number of non-ortho nitro benzene ring substituents is 1. The minimum Gasteiger partial charge on any atom is -0.312 e. The van der Waals surface area contributed by atoms with Crippen LogP contribution >= 0.6 is 0 Å². The molecule has 1 fully saturated rings. The summed E-state index contributed by atoms with van der Waals surface area (Å²) in [5, 5.41) is 16.0. The van der Waals surface area contributed by atoms with E-state index in [1.807, 2.05) is 30.3 Å². The van der Waals surface area contributed by atoms with Gasteiger partial charge in [0.2, 0.25) is 5.78 Å². The molecule has 2 aliphatic carbocycles. The second-order valence-electron chi connectivity index (χ2n) is 13.0. The van der Waals surface area contributed by atoms with Crippen molar-refractivity contribution in [3.05, 3.63) is 99.1 Å². The van der Waals surface area contributed by atoms with Gasteiger partial charge in [0.25, 0.3) is 5.69 Å². The Morgan fingerprint density at radius 3 is 2.15 bits per heavy atom. The third kappa shape index (κ3) is 7.30. The lowest BCUT2D eigenvalue weighted by Crippen LogP contribution is -2.26. The van der Waals surface area contributed by atoms with E-state index in [0.29, 0.717) is 23.5 Å². The van der Waals surface area contributed by atoms with E-state index in [0.717, 1.165) is 73.6 Å². The highest BCUT2D eigenvalue weighted by Crippen LogP contribution is 2.55. The zero-order chi connectivity index (χ0) is 32.5. The van der Waals surface area contributed by atoms with Gasteiger partial charge in [0.05, 0.1) is 10.5 Å². The van der Waals surface area contributed by atoms with Gasteiger partial charge >= 0.3 is 5.97 Å². The maximum absolute atomic E-state index is 14.2. The number of oxime groups is 1. The summed E-state index contributed by atoms with van der Waals surface area (Å²) in [4.78, 5) is 43.9. The number of Topliss-reactive ketones (excluding diaryl/α,β-unsaturated/α-hetero) is 1. The van der Waals surface area contributed by atoms with Gasteiger partial charge in [-0.05, 0) is 78.1 Å². The fraction of sp³-hybridized carbons (Fsp3) is 0.462. The van der Waals surface area contributed by atoms with E-state index in [2.05, 4.69) is 19.0 Å². The number of nitro benzene ring substituents is 1. The summed E-state index contributed by atoms with van der Waals surface area (Å²) in [5.41, 5.74) is 4.88. The summed E-state index contributed by atoms with van der Waals surface area (Å²) >= 11 is 0. The number of carbonyl (C=O) groups excluding carboxylic acids is 2. The molecule has 3 aromatic carbocycles. The first-order chi connectivity index (χ1) is 22.4. The number of carbonyl (C=O) groups is 2. The maximum Gasteiger partial charge on any atom is 0.365 e. The van der Waals surface area contributed by atoms with Crippen LogP contribution < -0.4 is 0 Å². The molecule has 7 nitrogen and oxygen atoms in total. The van der Waals surface area contributed by atoms with E-state index in [-0.39, 0.29) is 22.1 Å². The summed E-state index contributed by atoms with van der Waals surface area (Å²) < 4.78 is 0. The number of nitrogens with zero attached hydrogens (tertiary/aromatic N) is 2. The van der Waals surface area contributed by atoms with E-state index < -0.39 is 11.4 Å². The molecule has 0 spiro atoms. The molecule has 2 aliphatic rings. The molecule has 7 heteroatoms. The van der Waals surface area contributed by atoms with Crippen LogP contribution in [0.4, 0.5) is 5.69 Å². The van der Waals surface area contributed by atoms with Gasteiger partial charge < -0.3 is 4.84 Å². The molecule has 0 atom stereocenters. The van der Waals surface area contributed by atoms with Gasteiger partial charge in [-0.2, -0.15) is 0 Å². The van der Waals surface area contributed by atoms with Gasteiger partial charge in [-0.15, -0.1) is 0 Å².